The SMILES string of the molecule is NCc1cc(N)cc(Br)c1OC(F)(F)F. The van der Waals surface area contributed by atoms with Crippen molar-refractivity contribution in [1.82, 2.24) is 0 Å². The summed E-state index contributed by atoms with van der Waals surface area (Å²) in [5.41, 5.74) is 11.2. The summed E-state index contributed by atoms with van der Waals surface area (Å²) in [7, 11) is 0. The van der Waals surface area contributed by atoms with Gasteiger partial charge in [-0.05, 0) is 28.1 Å². The Bertz CT molecular complexity index is 368. The van der Waals surface area contributed by atoms with Crippen LogP contribution in [0.1, 0.15) is 5.56 Å². The highest BCUT2D eigenvalue weighted by Crippen LogP contribution is 2.35. The second-order valence-corrected chi connectivity index (χ2v) is 3.60. The van der Waals surface area contributed by atoms with Gasteiger partial charge in [-0.2, -0.15) is 0 Å². The fraction of sp³-hybridized carbons (Fsp3) is 0.250. The summed E-state index contributed by atoms with van der Waals surface area (Å²) < 4.78 is 40.0. The summed E-state index contributed by atoms with van der Waals surface area (Å²) in [4.78, 5) is 0. The normalized spacial score (nSPS) is 11.5. The second kappa shape index (κ2) is 4.28. The van der Waals surface area contributed by atoms with Crippen LogP contribution in [0.5, 0.6) is 5.75 Å². The maximum Gasteiger partial charge on any atom is 0.573 e. The molecule has 1 aromatic carbocycles. The highest BCUT2D eigenvalue weighted by atomic mass is 79.9. The van der Waals surface area contributed by atoms with Crippen LogP contribution in [0.25, 0.3) is 0 Å². The number of nitrogens with two attached hydrogens (primary N) is 2. The Balaban J connectivity index is 3.15. The van der Waals surface area contributed by atoms with Crippen LogP contribution < -0.4 is 16.2 Å². The van der Waals surface area contributed by atoms with Crippen molar-refractivity contribution in [3.8, 4) is 5.75 Å². The second-order valence-electron chi connectivity index (χ2n) is 2.74. The van der Waals surface area contributed by atoms with Crippen molar-refractivity contribution in [2.45, 2.75) is 12.9 Å². The molecular weight excluding hydrogens is 277 g/mol. The smallest absolute Gasteiger partial charge is 0.404 e. The molecule has 0 unspecified atom stereocenters. The van der Waals surface area contributed by atoms with Gasteiger partial charge < -0.3 is 16.2 Å². The summed E-state index contributed by atoms with van der Waals surface area (Å²) in [6.07, 6.45) is -4.75. The number of rotatable bonds is 2. The number of halogens is 4. The third kappa shape index (κ3) is 3.28. The summed E-state index contributed by atoms with van der Waals surface area (Å²) in [6.45, 7) is -0.0882. The molecule has 0 heterocycles. The van der Waals surface area contributed by atoms with Crippen LogP contribution >= 0.6 is 15.9 Å². The molecule has 1 rings (SSSR count). The quantitative estimate of drug-likeness (QED) is 0.820. The number of alkyl halides is 3. The average molecular weight is 285 g/mol. The van der Waals surface area contributed by atoms with Crippen molar-refractivity contribution in [2.24, 2.45) is 5.73 Å². The molecule has 7 heteroatoms. The van der Waals surface area contributed by atoms with E-state index in [2.05, 4.69) is 20.7 Å². The van der Waals surface area contributed by atoms with Crippen LogP contribution in [0, 0.1) is 0 Å². The molecule has 0 saturated carbocycles. The fourth-order valence-electron chi connectivity index (χ4n) is 1.06. The summed E-state index contributed by atoms with van der Waals surface area (Å²) in [5, 5.41) is 0. The van der Waals surface area contributed by atoms with Gasteiger partial charge >= 0.3 is 6.36 Å². The molecule has 0 aromatic heterocycles. The minimum absolute atomic E-state index is 0.0882. The topological polar surface area (TPSA) is 61.3 Å². The molecule has 3 nitrogen and oxygen atoms in total. The molecule has 0 bridgehead atoms. The number of hydrogen-bond acceptors (Lipinski definition) is 3. The van der Waals surface area contributed by atoms with Crippen LogP contribution in [0.4, 0.5) is 18.9 Å². The van der Waals surface area contributed by atoms with E-state index in [0.717, 1.165) is 0 Å². The first-order valence-corrected chi connectivity index (χ1v) is 4.66. The van der Waals surface area contributed by atoms with Crippen LogP contribution in [0.3, 0.4) is 0 Å². The fourth-order valence-corrected chi connectivity index (χ4v) is 1.66. The van der Waals surface area contributed by atoms with Gasteiger partial charge in [0.15, 0.2) is 0 Å². The first kappa shape index (κ1) is 12.1. The molecule has 84 valence electrons. The third-order valence-corrected chi connectivity index (χ3v) is 2.17. The van der Waals surface area contributed by atoms with E-state index in [1.807, 2.05) is 0 Å². The molecule has 0 spiro atoms. The minimum Gasteiger partial charge on any atom is -0.404 e. The molecule has 0 fully saturated rings. The number of nitrogen functional groups attached to an aromatic ring is 1. The third-order valence-electron chi connectivity index (χ3n) is 1.58. The molecule has 0 radical (unpaired) electrons. The molecule has 0 saturated heterocycles. The number of ether oxygens (including phenoxy) is 1. The lowest BCUT2D eigenvalue weighted by molar-refractivity contribution is -0.275. The molecule has 0 aliphatic heterocycles. The summed E-state index contributed by atoms with van der Waals surface area (Å²) in [6, 6.07) is 2.66. The Labute approximate surface area is 92.3 Å². The van der Waals surface area contributed by atoms with Crippen molar-refractivity contribution in [1.29, 1.82) is 0 Å². The lowest BCUT2D eigenvalue weighted by Gasteiger charge is -2.14. The highest BCUT2D eigenvalue weighted by Gasteiger charge is 2.33. The molecule has 4 N–H and O–H groups in total. The lowest BCUT2D eigenvalue weighted by Crippen LogP contribution is -2.19. The van der Waals surface area contributed by atoms with Gasteiger partial charge in [0.25, 0.3) is 0 Å². The molecule has 0 atom stereocenters. The zero-order chi connectivity index (χ0) is 11.6. The number of anilines is 1. The van der Waals surface area contributed by atoms with E-state index in [4.69, 9.17) is 11.5 Å². The van der Waals surface area contributed by atoms with E-state index in [9.17, 15) is 13.2 Å². The molecule has 1 aromatic rings. The van der Waals surface area contributed by atoms with Gasteiger partial charge in [-0.25, -0.2) is 0 Å². The lowest BCUT2D eigenvalue weighted by atomic mass is 10.2. The summed E-state index contributed by atoms with van der Waals surface area (Å²) in [5.74, 6) is -0.348. The van der Waals surface area contributed by atoms with Crippen molar-refractivity contribution < 1.29 is 17.9 Å². The van der Waals surface area contributed by atoms with E-state index in [1.165, 1.54) is 12.1 Å². The molecule has 0 aliphatic rings. The highest BCUT2D eigenvalue weighted by molar-refractivity contribution is 9.10. The summed E-state index contributed by atoms with van der Waals surface area (Å²) >= 11 is 2.93. The van der Waals surface area contributed by atoms with Crippen molar-refractivity contribution in [3.05, 3.63) is 22.2 Å². The van der Waals surface area contributed by atoms with Gasteiger partial charge in [-0.3, -0.25) is 0 Å². The van der Waals surface area contributed by atoms with Gasteiger partial charge in [0.2, 0.25) is 0 Å². The molecule has 0 amide bonds. The maximum atomic E-state index is 12.0. The molecule has 15 heavy (non-hydrogen) atoms. The predicted octanol–water partition coefficient (Wildman–Crippen LogP) is 2.39. The van der Waals surface area contributed by atoms with Crippen molar-refractivity contribution >= 4 is 21.6 Å². The van der Waals surface area contributed by atoms with Crippen LogP contribution in [0.2, 0.25) is 0 Å². The Kier molecular flexibility index (Phi) is 3.46. The van der Waals surface area contributed by atoms with E-state index < -0.39 is 6.36 Å². The maximum absolute atomic E-state index is 12.0. The largest absolute Gasteiger partial charge is 0.573 e. The van der Waals surface area contributed by atoms with Crippen molar-refractivity contribution in [2.75, 3.05) is 5.73 Å². The van der Waals surface area contributed by atoms with E-state index in [-0.39, 0.29) is 22.3 Å². The Morgan fingerprint density at radius 1 is 1.33 bits per heavy atom. The monoisotopic (exact) mass is 284 g/mol. The van der Waals surface area contributed by atoms with E-state index in [1.54, 1.807) is 0 Å². The first-order valence-electron chi connectivity index (χ1n) is 3.87. The van der Waals surface area contributed by atoms with Gasteiger partial charge in [0, 0.05) is 17.8 Å². The standard InChI is InChI=1S/C8H8BrF3N2O/c9-6-2-5(14)1-4(3-13)7(6)15-8(10,11)12/h1-2H,3,13-14H2. The van der Waals surface area contributed by atoms with Gasteiger partial charge in [0.05, 0.1) is 4.47 Å². The Morgan fingerprint density at radius 2 is 1.93 bits per heavy atom. The van der Waals surface area contributed by atoms with Gasteiger partial charge in [-0.1, -0.05) is 0 Å². The number of benzene rings is 1. The van der Waals surface area contributed by atoms with Crippen LogP contribution in [0.15, 0.2) is 16.6 Å². The first-order chi connectivity index (χ1) is 6.83. The van der Waals surface area contributed by atoms with Gasteiger partial charge in [-0.15, -0.1) is 13.2 Å². The van der Waals surface area contributed by atoms with Crippen LogP contribution in [-0.2, 0) is 6.54 Å². The zero-order valence-corrected chi connectivity index (χ0v) is 9.02. The zero-order valence-electron chi connectivity index (χ0n) is 7.44. The van der Waals surface area contributed by atoms with E-state index >= 15 is 0 Å². The van der Waals surface area contributed by atoms with E-state index in [0.29, 0.717) is 5.69 Å². The average Bonchev–Trinajstić information content (AvgIpc) is 2.07. The Hall–Kier alpha value is -0.950. The van der Waals surface area contributed by atoms with Gasteiger partial charge in [0.1, 0.15) is 5.75 Å². The van der Waals surface area contributed by atoms with Crippen LogP contribution in [-0.4, -0.2) is 6.36 Å². The molecular formula is C8H8BrF3N2O. The Morgan fingerprint density at radius 3 is 2.40 bits per heavy atom. The minimum atomic E-state index is -4.75. The molecule has 0 aliphatic carbocycles. The number of hydrogen-bond donors (Lipinski definition) is 2. The van der Waals surface area contributed by atoms with Crippen molar-refractivity contribution in [3.63, 3.8) is 0 Å². The predicted molar refractivity (Wildman–Crippen MR) is 53.1 cm³/mol.